The van der Waals surface area contributed by atoms with Crippen LogP contribution >= 0.6 is 11.6 Å². The normalized spacial score (nSPS) is 18.5. The van der Waals surface area contributed by atoms with Crippen molar-refractivity contribution in [1.82, 2.24) is 9.55 Å². The van der Waals surface area contributed by atoms with Gasteiger partial charge in [0.1, 0.15) is 5.82 Å². The van der Waals surface area contributed by atoms with Crippen LogP contribution in [0.4, 0.5) is 4.39 Å². The van der Waals surface area contributed by atoms with Crippen molar-refractivity contribution in [1.29, 1.82) is 0 Å². The van der Waals surface area contributed by atoms with Crippen molar-refractivity contribution in [2.24, 2.45) is 0 Å². The van der Waals surface area contributed by atoms with Gasteiger partial charge in [-0.15, -0.1) is 11.6 Å². The Bertz CT molecular complexity index is 671. The Morgan fingerprint density at radius 3 is 2.67 bits per heavy atom. The summed E-state index contributed by atoms with van der Waals surface area (Å²) in [6, 6.07) is 3.19. The van der Waals surface area contributed by atoms with Gasteiger partial charge in [0.05, 0.1) is 23.5 Å². The minimum Gasteiger partial charge on any atom is -0.494 e. The molecule has 1 unspecified atom stereocenters. The van der Waals surface area contributed by atoms with E-state index in [1.54, 1.807) is 6.07 Å². The summed E-state index contributed by atoms with van der Waals surface area (Å²) < 4.78 is 21.3. The van der Waals surface area contributed by atoms with E-state index in [2.05, 4.69) is 16.5 Å². The summed E-state index contributed by atoms with van der Waals surface area (Å²) in [6.07, 6.45) is 4.47. The number of fused-ring (bicyclic) bond motifs is 1. The minimum absolute atomic E-state index is 0.0655. The maximum absolute atomic E-state index is 13.9. The van der Waals surface area contributed by atoms with Crippen LogP contribution in [0.2, 0.25) is 0 Å². The Morgan fingerprint density at radius 1 is 1.48 bits per heavy atom. The molecular formula is C16H20ClFN2O. The van der Waals surface area contributed by atoms with Crippen LogP contribution in [0, 0.1) is 5.82 Å². The Labute approximate surface area is 129 Å². The van der Waals surface area contributed by atoms with E-state index in [0.29, 0.717) is 5.52 Å². The molecule has 1 aliphatic carbocycles. The van der Waals surface area contributed by atoms with Gasteiger partial charge in [-0.2, -0.15) is 0 Å². The molecule has 1 saturated carbocycles. The Morgan fingerprint density at radius 2 is 2.19 bits per heavy atom. The van der Waals surface area contributed by atoms with Crippen LogP contribution in [0.25, 0.3) is 11.0 Å². The van der Waals surface area contributed by atoms with Crippen LogP contribution in [0.1, 0.15) is 50.7 Å². The second-order valence-electron chi connectivity index (χ2n) is 5.83. The topological polar surface area (TPSA) is 27.1 Å². The molecule has 3 rings (SSSR count). The van der Waals surface area contributed by atoms with Crippen molar-refractivity contribution < 1.29 is 9.13 Å². The first-order valence-electron chi connectivity index (χ1n) is 7.43. The quantitative estimate of drug-likeness (QED) is 0.760. The highest BCUT2D eigenvalue weighted by Crippen LogP contribution is 2.46. The highest BCUT2D eigenvalue weighted by Gasteiger charge is 2.40. The molecule has 0 bridgehead atoms. The second kappa shape index (κ2) is 5.16. The van der Waals surface area contributed by atoms with Gasteiger partial charge >= 0.3 is 0 Å². The smallest absolute Gasteiger partial charge is 0.167 e. The summed E-state index contributed by atoms with van der Waals surface area (Å²) in [5.41, 5.74) is 1.63. The number of hydrogen-bond donors (Lipinski definition) is 0. The van der Waals surface area contributed by atoms with E-state index in [-0.39, 0.29) is 22.5 Å². The van der Waals surface area contributed by atoms with Crippen molar-refractivity contribution in [3.05, 3.63) is 23.8 Å². The number of aromatic nitrogens is 2. The van der Waals surface area contributed by atoms with E-state index >= 15 is 0 Å². The summed E-state index contributed by atoms with van der Waals surface area (Å²) in [5.74, 6) is 0.687. The molecule has 114 valence electrons. The molecule has 0 spiro atoms. The van der Waals surface area contributed by atoms with Gasteiger partial charge in [0.2, 0.25) is 0 Å². The predicted molar refractivity (Wildman–Crippen MR) is 82.6 cm³/mol. The number of imidazole rings is 1. The molecule has 0 N–H and O–H groups in total. The van der Waals surface area contributed by atoms with E-state index in [1.165, 1.54) is 19.6 Å². The third-order valence-electron chi connectivity index (χ3n) is 4.73. The summed E-state index contributed by atoms with van der Waals surface area (Å²) in [5, 5.41) is -0.213. The highest BCUT2D eigenvalue weighted by molar-refractivity contribution is 6.20. The second-order valence-corrected chi connectivity index (χ2v) is 6.48. The average molecular weight is 311 g/mol. The molecule has 5 heteroatoms. The minimum atomic E-state index is -0.386. The van der Waals surface area contributed by atoms with E-state index < -0.39 is 0 Å². The molecule has 0 radical (unpaired) electrons. The zero-order chi connectivity index (χ0) is 15.2. The van der Waals surface area contributed by atoms with Crippen LogP contribution in [0.5, 0.6) is 5.75 Å². The molecule has 21 heavy (non-hydrogen) atoms. The summed E-state index contributed by atoms with van der Waals surface area (Å²) in [4.78, 5) is 4.58. The van der Waals surface area contributed by atoms with Gasteiger partial charge in [0.15, 0.2) is 11.6 Å². The molecular weight excluding hydrogens is 291 g/mol. The number of rotatable bonds is 4. The fraction of sp³-hybridized carbons (Fsp3) is 0.562. The van der Waals surface area contributed by atoms with Gasteiger partial charge in [0, 0.05) is 17.7 Å². The van der Waals surface area contributed by atoms with Gasteiger partial charge in [-0.25, -0.2) is 9.37 Å². The summed E-state index contributed by atoms with van der Waals surface area (Å²) in [6.45, 7) is 4.10. The van der Waals surface area contributed by atoms with Gasteiger partial charge in [-0.1, -0.05) is 6.92 Å². The van der Waals surface area contributed by atoms with Crippen molar-refractivity contribution >= 4 is 22.6 Å². The maximum atomic E-state index is 13.9. The maximum Gasteiger partial charge on any atom is 0.167 e. The van der Waals surface area contributed by atoms with Gasteiger partial charge in [0.25, 0.3) is 0 Å². The number of nitrogens with zero attached hydrogens (tertiary/aromatic N) is 2. The van der Waals surface area contributed by atoms with E-state index in [4.69, 9.17) is 16.3 Å². The monoisotopic (exact) mass is 310 g/mol. The van der Waals surface area contributed by atoms with Gasteiger partial charge in [-0.3, -0.25) is 0 Å². The molecule has 1 aromatic heterocycles. The lowest BCUT2D eigenvalue weighted by molar-refractivity contribution is 0.137. The van der Waals surface area contributed by atoms with Gasteiger partial charge in [-0.05, 0) is 32.6 Å². The van der Waals surface area contributed by atoms with E-state index in [0.717, 1.165) is 30.6 Å². The van der Waals surface area contributed by atoms with Crippen LogP contribution in [-0.2, 0) is 5.54 Å². The highest BCUT2D eigenvalue weighted by atomic mass is 35.5. The van der Waals surface area contributed by atoms with E-state index in [1.807, 2.05) is 6.92 Å². The summed E-state index contributed by atoms with van der Waals surface area (Å²) >= 11 is 6.33. The first kappa shape index (κ1) is 14.6. The first-order chi connectivity index (χ1) is 10.0. The molecule has 1 aromatic carbocycles. The third-order valence-corrected chi connectivity index (χ3v) is 4.92. The molecule has 0 amide bonds. The molecule has 1 aliphatic rings. The molecule has 3 nitrogen and oxygen atoms in total. The van der Waals surface area contributed by atoms with Crippen LogP contribution in [-0.4, -0.2) is 16.7 Å². The van der Waals surface area contributed by atoms with Crippen LogP contribution in [0.3, 0.4) is 0 Å². The Balaban J connectivity index is 2.30. The Hall–Kier alpha value is -1.29. The fourth-order valence-corrected chi connectivity index (χ4v) is 3.49. The lowest BCUT2D eigenvalue weighted by atomic mass is 9.74. The van der Waals surface area contributed by atoms with E-state index in [9.17, 15) is 4.39 Å². The largest absolute Gasteiger partial charge is 0.494 e. The lowest BCUT2D eigenvalue weighted by Crippen LogP contribution is -2.41. The number of methoxy groups -OCH3 is 1. The number of ether oxygens (including phenoxy) is 1. The first-order valence-corrected chi connectivity index (χ1v) is 7.86. The molecule has 1 fully saturated rings. The van der Waals surface area contributed by atoms with Crippen LogP contribution in [0.15, 0.2) is 12.1 Å². The van der Waals surface area contributed by atoms with Crippen molar-refractivity contribution in [3.8, 4) is 5.75 Å². The van der Waals surface area contributed by atoms with Crippen molar-refractivity contribution in [2.75, 3.05) is 7.11 Å². The zero-order valence-electron chi connectivity index (χ0n) is 12.6. The summed E-state index contributed by atoms with van der Waals surface area (Å²) in [7, 11) is 1.48. The number of alkyl halides is 1. The number of halogens is 2. The SMILES string of the molecule is CCC1(n2c(C(C)Cl)nc3cc(F)c(OC)cc32)CCC1. The molecule has 1 heterocycles. The number of benzene rings is 1. The fourth-order valence-electron chi connectivity index (χ4n) is 3.34. The molecule has 1 atom stereocenters. The average Bonchev–Trinajstić information content (AvgIpc) is 2.76. The Kier molecular flexibility index (Phi) is 3.60. The van der Waals surface area contributed by atoms with Gasteiger partial charge < -0.3 is 9.30 Å². The third kappa shape index (κ3) is 2.11. The lowest BCUT2D eigenvalue weighted by Gasteiger charge is -2.44. The zero-order valence-corrected chi connectivity index (χ0v) is 13.4. The number of hydrogen-bond acceptors (Lipinski definition) is 2. The van der Waals surface area contributed by atoms with Crippen molar-refractivity contribution in [3.63, 3.8) is 0 Å². The standard InChI is InChI=1S/C16H20ClFN2O/c1-4-16(6-5-7-16)20-13-9-14(21-3)11(18)8-12(13)19-15(20)10(2)17/h8-10H,4-7H2,1-3H3. The molecule has 0 aliphatic heterocycles. The predicted octanol–water partition coefficient (Wildman–Crippen LogP) is 4.77. The van der Waals surface area contributed by atoms with Crippen LogP contribution < -0.4 is 4.74 Å². The molecule has 2 aromatic rings. The molecule has 0 saturated heterocycles. The van der Waals surface area contributed by atoms with Crippen molar-refractivity contribution in [2.45, 2.75) is 50.4 Å².